The number of rotatable bonds is 5. The van der Waals surface area contributed by atoms with Gasteiger partial charge in [0.1, 0.15) is 0 Å². The molecule has 2 rings (SSSR count). The van der Waals surface area contributed by atoms with Crippen LogP contribution in [-0.4, -0.2) is 37.5 Å². The zero-order chi connectivity index (χ0) is 14.6. The van der Waals surface area contributed by atoms with Crippen molar-refractivity contribution in [1.29, 1.82) is 0 Å². The molecular weight excluding hydrogens is 274 g/mol. The van der Waals surface area contributed by atoms with E-state index in [1.807, 2.05) is 37.3 Å². The van der Waals surface area contributed by atoms with Crippen molar-refractivity contribution in [2.45, 2.75) is 31.9 Å². The van der Waals surface area contributed by atoms with Crippen LogP contribution in [-0.2, 0) is 15.8 Å². The molecule has 1 N–H and O–H groups in total. The Kier molecular flexibility index (Phi) is 4.83. The first-order valence-electron chi connectivity index (χ1n) is 7.14. The summed E-state index contributed by atoms with van der Waals surface area (Å²) in [4.78, 5) is 0. The lowest BCUT2D eigenvalue weighted by Gasteiger charge is -2.40. The van der Waals surface area contributed by atoms with E-state index in [2.05, 4.69) is 0 Å². The number of hydrogen-bond acceptors (Lipinski definition) is 3. The predicted octanol–water partition coefficient (Wildman–Crippen LogP) is 2.00. The lowest BCUT2D eigenvalue weighted by atomic mass is 9.79. The zero-order valence-corrected chi connectivity index (χ0v) is 12.8. The smallest absolute Gasteiger partial charge is 0.218 e. The number of piperidine rings is 1. The summed E-state index contributed by atoms with van der Waals surface area (Å²) in [7, 11) is -3.31. The largest absolute Gasteiger partial charge is 0.396 e. The Bertz CT molecular complexity index is 523. The second-order valence-electron chi connectivity index (χ2n) is 5.69. The number of aliphatic hydroxyl groups is 1. The van der Waals surface area contributed by atoms with E-state index in [9.17, 15) is 13.5 Å². The molecule has 20 heavy (non-hydrogen) atoms. The van der Waals surface area contributed by atoms with Crippen molar-refractivity contribution >= 4 is 10.0 Å². The molecule has 1 aromatic carbocycles. The summed E-state index contributed by atoms with van der Waals surface area (Å²) < 4.78 is 26.6. The summed E-state index contributed by atoms with van der Waals surface area (Å²) >= 11 is 0. The standard InChI is InChI=1S/C15H23NO3S/c1-2-15(13-17)9-6-10-16(12-15)20(18,19)11-14-7-4-3-5-8-14/h3-5,7-8,17H,2,6,9-13H2,1H3/t15-/m1/s1. The summed E-state index contributed by atoms with van der Waals surface area (Å²) in [6.07, 6.45) is 2.53. The van der Waals surface area contributed by atoms with Crippen LogP contribution < -0.4 is 0 Å². The van der Waals surface area contributed by atoms with Crippen molar-refractivity contribution in [3.8, 4) is 0 Å². The third-order valence-corrected chi connectivity index (χ3v) is 6.09. The lowest BCUT2D eigenvalue weighted by Crippen LogP contribution is -2.47. The van der Waals surface area contributed by atoms with Crippen molar-refractivity contribution in [2.75, 3.05) is 19.7 Å². The van der Waals surface area contributed by atoms with Crippen LogP contribution in [0.1, 0.15) is 31.7 Å². The molecule has 1 heterocycles. The van der Waals surface area contributed by atoms with Gasteiger partial charge in [0, 0.05) is 25.1 Å². The zero-order valence-electron chi connectivity index (χ0n) is 12.0. The van der Waals surface area contributed by atoms with E-state index in [1.54, 1.807) is 4.31 Å². The highest BCUT2D eigenvalue weighted by Gasteiger charge is 2.37. The minimum absolute atomic E-state index is 0.0407. The monoisotopic (exact) mass is 297 g/mol. The van der Waals surface area contributed by atoms with Gasteiger partial charge in [-0.3, -0.25) is 0 Å². The maximum absolute atomic E-state index is 12.5. The Morgan fingerprint density at radius 3 is 2.60 bits per heavy atom. The van der Waals surface area contributed by atoms with Crippen LogP contribution in [0.4, 0.5) is 0 Å². The van der Waals surface area contributed by atoms with Crippen molar-refractivity contribution < 1.29 is 13.5 Å². The average molecular weight is 297 g/mol. The minimum Gasteiger partial charge on any atom is -0.396 e. The summed E-state index contributed by atoms with van der Waals surface area (Å²) in [6.45, 7) is 3.08. The number of sulfonamides is 1. The number of benzene rings is 1. The highest BCUT2D eigenvalue weighted by molar-refractivity contribution is 7.88. The molecule has 0 aromatic heterocycles. The molecule has 0 spiro atoms. The Hall–Kier alpha value is -0.910. The van der Waals surface area contributed by atoms with Gasteiger partial charge < -0.3 is 5.11 Å². The third kappa shape index (κ3) is 3.40. The topological polar surface area (TPSA) is 57.6 Å². The first kappa shape index (κ1) is 15.5. The van der Waals surface area contributed by atoms with Crippen molar-refractivity contribution in [3.63, 3.8) is 0 Å². The Morgan fingerprint density at radius 1 is 1.30 bits per heavy atom. The molecule has 1 aromatic rings. The summed E-state index contributed by atoms with van der Waals surface area (Å²) in [5.74, 6) is 0.0407. The van der Waals surface area contributed by atoms with Crippen LogP contribution in [0.3, 0.4) is 0 Å². The number of aliphatic hydroxyl groups excluding tert-OH is 1. The third-order valence-electron chi connectivity index (χ3n) is 4.30. The van der Waals surface area contributed by atoms with E-state index in [-0.39, 0.29) is 17.8 Å². The fourth-order valence-corrected chi connectivity index (χ4v) is 4.48. The van der Waals surface area contributed by atoms with Gasteiger partial charge in [-0.15, -0.1) is 0 Å². The van der Waals surface area contributed by atoms with Crippen molar-refractivity contribution in [1.82, 2.24) is 4.31 Å². The summed E-state index contributed by atoms with van der Waals surface area (Å²) in [6, 6.07) is 9.25. The molecule has 1 atom stereocenters. The van der Waals surface area contributed by atoms with Crippen molar-refractivity contribution in [3.05, 3.63) is 35.9 Å². The molecule has 0 saturated carbocycles. The summed E-state index contributed by atoms with van der Waals surface area (Å²) in [5.41, 5.74) is 0.548. The SMILES string of the molecule is CC[C@@]1(CO)CCCN(S(=O)(=O)Cc2ccccc2)C1. The van der Waals surface area contributed by atoms with Crippen LogP contribution >= 0.6 is 0 Å². The second-order valence-corrected chi connectivity index (χ2v) is 7.66. The summed E-state index contributed by atoms with van der Waals surface area (Å²) in [5, 5.41) is 9.59. The van der Waals surface area contributed by atoms with E-state index in [1.165, 1.54) is 0 Å². The Balaban J connectivity index is 2.13. The van der Waals surface area contributed by atoms with Crippen LogP contribution in [0.15, 0.2) is 30.3 Å². The average Bonchev–Trinajstić information content (AvgIpc) is 2.48. The molecule has 4 nitrogen and oxygen atoms in total. The van der Waals surface area contributed by atoms with Gasteiger partial charge >= 0.3 is 0 Å². The maximum Gasteiger partial charge on any atom is 0.218 e. The normalized spacial score (nSPS) is 24.7. The molecule has 0 aliphatic carbocycles. The first-order valence-corrected chi connectivity index (χ1v) is 8.75. The Labute approximate surface area is 121 Å². The molecule has 1 saturated heterocycles. The van der Waals surface area contributed by atoms with Crippen LogP contribution in [0, 0.1) is 5.41 Å². The predicted molar refractivity (Wildman–Crippen MR) is 79.7 cm³/mol. The van der Waals surface area contributed by atoms with E-state index >= 15 is 0 Å². The maximum atomic E-state index is 12.5. The molecule has 0 radical (unpaired) electrons. The molecule has 5 heteroatoms. The highest BCUT2D eigenvalue weighted by Crippen LogP contribution is 2.34. The molecule has 112 valence electrons. The van der Waals surface area contributed by atoms with Gasteiger partial charge in [0.15, 0.2) is 0 Å². The molecule has 1 fully saturated rings. The molecule has 1 aliphatic rings. The van der Waals surface area contributed by atoms with Gasteiger partial charge in [-0.05, 0) is 24.8 Å². The molecular formula is C15H23NO3S. The fraction of sp³-hybridized carbons (Fsp3) is 0.600. The van der Waals surface area contributed by atoms with Crippen LogP contribution in [0.25, 0.3) is 0 Å². The van der Waals surface area contributed by atoms with Crippen LogP contribution in [0.5, 0.6) is 0 Å². The van der Waals surface area contributed by atoms with Gasteiger partial charge in [0.2, 0.25) is 10.0 Å². The van der Waals surface area contributed by atoms with E-state index in [4.69, 9.17) is 0 Å². The molecule has 0 unspecified atom stereocenters. The van der Waals surface area contributed by atoms with E-state index in [0.717, 1.165) is 24.8 Å². The second kappa shape index (κ2) is 6.24. The molecule has 0 bridgehead atoms. The van der Waals surface area contributed by atoms with Gasteiger partial charge in [0.25, 0.3) is 0 Å². The van der Waals surface area contributed by atoms with E-state index < -0.39 is 10.0 Å². The lowest BCUT2D eigenvalue weighted by molar-refractivity contribution is 0.0608. The molecule has 0 amide bonds. The Morgan fingerprint density at radius 2 is 2.00 bits per heavy atom. The number of nitrogens with zero attached hydrogens (tertiary/aromatic N) is 1. The van der Waals surface area contributed by atoms with Gasteiger partial charge in [-0.2, -0.15) is 0 Å². The van der Waals surface area contributed by atoms with E-state index in [0.29, 0.717) is 13.1 Å². The van der Waals surface area contributed by atoms with Gasteiger partial charge in [-0.25, -0.2) is 12.7 Å². The molecule has 1 aliphatic heterocycles. The highest BCUT2D eigenvalue weighted by atomic mass is 32.2. The number of hydrogen-bond donors (Lipinski definition) is 1. The first-order chi connectivity index (χ1) is 9.51. The minimum atomic E-state index is -3.31. The fourth-order valence-electron chi connectivity index (χ4n) is 2.81. The van der Waals surface area contributed by atoms with Crippen LogP contribution in [0.2, 0.25) is 0 Å². The van der Waals surface area contributed by atoms with Gasteiger partial charge in [-0.1, -0.05) is 37.3 Å². The van der Waals surface area contributed by atoms with Gasteiger partial charge in [0.05, 0.1) is 5.75 Å². The van der Waals surface area contributed by atoms with Crippen molar-refractivity contribution in [2.24, 2.45) is 5.41 Å². The quantitative estimate of drug-likeness (QED) is 0.904.